The summed E-state index contributed by atoms with van der Waals surface area (Å²) < 4.78 is 0.604. The number of nitrogens with one attached hydrogen (secondary N) is 1. The summed E-state index contributed by atoms with van der Waals surface area (Å²) in [5.41, 5.74) is 0.941. The molecule has 0 saturated carbocycles. The van der Waals surface area contributed by atoms with E-state index in [1.54, 1.807) is 6.07 Å². The van der Waals surface area contributed by atoms with Gasteiger partial charge in [0.15, 0.2) is 0 Å². The van der Waals surface area contributed by atoms with Crippen LogP contribution in [0.5, 0.6) is 0 Å². The van der Waals surface area contributed by atoms with Crippen molar-refractivity contribution in [2.24, 2.45) is 0 Å². The van der Waals surface area contributed by atoms with E-state index in [9.17, 15) is 14.9 Å². The Balaban J connectivity index is 2.67. The summed E-state index contributed by atoms with van der Waals surface area (Å²) in [4.78, 5) is 22.2. The number of nitro groups is 1. The highest BCUT2D eigenvalue weighted by molar-refractivity contribution is 9.10. The number of nitrogens with zero attached hydrogens (tertiary/aromatic N) is 1. The van der Waals surface area contributed by atoms with Crippen LogP contribution in [0.3, 0.4) is 0 Å². The molecular formula is C10H9BrN2O3. The van der Waals surface area contributed by atoms with Crippen molar-refractivity contribution in [3.05, 3.63) is 37.8 Å². The molecule has 1 aromatic carbocycles. The fraction of sp³-hybridized carbons (Fsp3) is 0.300. The summed E-state index contributed by atoms with van der Waals surface area (Å²) in [5, 5.41) is 13.6. The Labute approximate surface area is 100 Å². The van der Waals surface area contributed by atoms with E-state index in [0.29, 0.717) is 28.6 Å². The second kappa shape index (κ2) is 4.21. The third kappa shape index (κ3) is 1.80. The summed E-state index contributed by atoms with van der Waals surface area (Å²) in [6.07, 6.45) is 1.26. The molecule has 84 valence electrons. The number of hydrogen-bond acceptors (Lipinski definition) is 3. The van der Waals surface area contributed by atoms with Gasteiger partial charge < -0.3 is 5.32 Å². The molecule has 0 fully saturated rings. The van der Waals surface area contributed by atoms with Gasteiger partial charge in [-0.1, -0.05) is 0 Å². The van der Waals surface area contributed by atoms with Gasteiger partial charge in [-0.3, -0.25) is 14.9 Å². The fourth-order valence-electron chi connectivity index (χ4n) is 1.83. The van der Waals surface area contributed by atoms with E-state index in [4.69, 9.17) is 0 Å². The Morgan fingerprint density at radius 3 is 2.88 bits per heavy atom. The van der Waals surface area contributed by atoms with Crippen molar-refractivity contribution in [2.45, 2.75) is 12.8 Å². The van der Waals surface area contributed by atoms with Crippen molar-refractivity contribution >= 4 is 27.5 Å². The number of nitro benzene ring substituents is 1. The first kappa shape index (κ1) is 11.1. The van der Waals surface area contributed by atoms with Gasteiger partial charge in [0.2, 0.25) is 0 Å². The van der Waals surface area contributed by atoms with Gasteiger partial charge in [0.05, 0.1) is 10.5 Å². The van der Waals surface area contributed by atoms with E-state index in [1.165, 1.54) is 6.07 Å². The molecule has 1 amide bonds. The van der Waals surface area contributed by atoms with E-state index in [2.05, 4.69) is 21.2 Å². The molecule has 0 radical (unpaired) electrons. The van der Waals surface area contributed by atoms with Gasteiger partial charge in [0.25, 0.3) is 11.6 Å². The third-order valence-corrected chi connectivity index (χ3v) is 3.21. The van der Waals surface area contributed by atoms with Gasteiger partial charge in [0, 0.05) is 22.6 Å². The monoisotopic (exact) mass is 284 g/mol. The molecular weight excluding hydrogens is 276 g/mol. The zero-order valence-electron chi connectivity index (χ0n) is 8.33. The fourth-order valence-corrected chi connectivity index (χ4v) is 2.38. The summed E-state index contributed by atoms with van der Waals surface area (Å²) in [6, 6.07) is 2.98. The highest BCUT2D eigenvalue weighted by Gasteiger charge is 2.25. The van der Waals surface area contributed by atoms with Crippen LogP contribution in [0.15, 0.2) is 16.6 Å². The maximum atomic E-state index is 11.7. The first-order valence-electron chi connectivity index (χ1n) is 4.85. The molecule has 2 rings (SSSR count). The van der Waals surface area contributed by atoms with Crippen molar-refractivity contribution in [1.29, 1.82) is 0 Å². The molecule has 0 bridgehead atoms. The zero-order chi connectivity index (χ0) is 11.7. The number of halogens is 1. The summed E-state index contributed by atoms with van der Waals surface area (Å²) in [5.74, 6) is -0.247. The molecule has 1 aliphatic rings. The van der Waals surface area contributed by atoms with Crippen molar-refractivity contribution in [3.63, 3.8) is 0 Å². The normalized spacial score (nSPS) is 14.9. The van der Waals surface area contributed by atoms with Gasteiger partial charge >= 0.3 is 0 Å². The first-order chi connectivity index (χ1) is 7.61. The summed E-state index contributed by atoms with van der Waals surface area (Å²) >= 11 is 3.26. The molecule has 0 saturated heterocycles. The van der Waals surface area contributed by atoms with Crippen LogP contribution in [0.4, 0.5) is 5.69 Å². The van der Waals surface area contributed by atoms with Crippen molar-refractivity contribution in [2.75, 3.05) is 6.54 Å². The highest BCUT2D eigenvalue weighted by Crippen LogP contribution is 2.31. The third-order valence-electron chi connectivity index (χ3n) is 2.55. The van der Waals surface area contributed by atoms with E-state index >= 15 is 0 Å². The van der Waals surface area contributed by atoms with Crippen LogP contribution in [0, 0.1) is 10.1 Å². The number of hydrogen-bond donors (Lipinski definition) is 1. The molecule has 0 aliphatic carbocycles. The van der Waals surface area contributed by atoms with Gasteiger partial charge in [0.1, 0.15) is 0 Å². The molecule has 16 heavy (non-hydrogen) atoms. The minimum Gasteiger partial charge on any atom is -0.352 e. The molecule has 1 aromatic rings. The van der Waals surface area contributed by atoms with Crippen LogP contribution in [0.25, 0.3) is 0 Å². The number of fused-ring (bicyclic) bond motifs is 1. The number of benzene rings is 1. The average molecular weight is 285 g/mol. The summed E-state index contributed by atoms with van der Waals surface area (Å²) in [6.45, 7) is 0.553. The minimum atomic E-state index is -0.441. The molecule has 5 nitrogen and oxygen atoms in total. The van der Waals surface area contributed by atoms with E-state index < -0.39 is 4.92 Å². The van der Waals surface area contributed by atoms with Crippen molar-refractivity contribution in [3.8, 4) is 0 Å². The zero-order valence-corrected chi connectivity index (χ0v) is 9.91. The van der Waals surface area contributed by atoms with Crippen LogP contribution in [0.2, 0.25) is 0 Å². The number of carbonyl (C=O) groups is 1. The maximum Gasteiger partial charge on any atom is 0.273 e. The van der Waals surface area contributed by atoms with Gasteiger partial charge in [-0.15, -0.1) is 0 Å². The first-order valence-corrected chi connectivity index (χ1v) is 5.64. The standard InChI is InChI=1S/C10H9BrN2O3/c11-7-3-4-8(13(15)16)6-2-1-5-12-10(14)9(6)7/h3-4H,1-2,5H2,(H,12,14). The maximum absolute atomic E-state index is 11.7. The SMILES string of the molecule is O=C1NCCCc2c([N+](=O)[O-])ccc(Br)c21. The largest absolute Gasteiger partial charge is 0.352 e. The molecule has 0 aromatic heterocycles. The quantitative estimate of drug-likeness (QED) is 0.634. The van der Waals surface area contributed by atoms with E-state index in [1.807, 2.05) is 0 Å². The summed E-state index contributed by atoms with van der Waals surface area (Å²) in [7, 11) is 0. The molecule has 1 aliphatic heterocycles. The Hall–Kier alpha value is -1.43. The molecule has 6 heteroatoms. The van der Waals surface area contributed by atoms with Crippen molar-refractivity contribution < 1.29 is 9.72 Å². The lowest BCUT2D eigenvalue weighted by Gasteiger charge is -2.07. The predicted molar refractivity (Wildman–Crippen MR) is 61.5 cm³/mol. The lowest BCUT2D eigenvalue weighted by Crippen LogP contribution is -2.23. The molecule has 1 heterocycles. The highest BCUT2D eigenvalue weighted by atomic mass is 79.9. The number of carbonyl (C=O) groups excluding carboxylic acids is 1. The second-order valence-corrected chi connectivity index (χ2v) is 4.39. The Bertz CT molecular complexity index is 473. The Morgan fingerprint density at radius 2 is 2.19 bits per heavy atom. The molecule has 0 atom stereocenters. The lowest BCUT2D eigenvalue weighted by atomic mass is 10.0. The van der Waals surface area contributed by atoms with Crippen LogP contribution in [-0.4, -0.2) is 17.4 Å². The smallest absolute Gasteiger partial charge is 0.273 e. The molecule has 1 N–H and O–H groups in total. The van der Waals surface area contributed by atoms with Crippen LogP contribution >= 0.6 is 15.9 Å². The number of amides is 1. The second-order valence-electron chi connectivity index (χ2n) is 3.54. The number of rotatable bonds is 1. The van der Waals surface area contributed by atoms with Crippen LogP contribution in [-0.2, 0) is 6.42 Å². The topological polar surface area (TPSA) is 72.2 Å². The van der Waals surface area contributed by atoms with E-state index in [0.717, 1.165) is 6.42 Å². The molecule has 0 spiro atoms. The average Bonchev–Trinajstić information content (AvgIpc) is 2.41. The minimum absolute atomic E-state index is 0.0234. The Morgan fingerprint density at radius 1 is 1.44 bits per heavy atom. The predicted octanol–water partition coefficient (Wildman–Crippen LogP) is 2.03. The lowest BCUT2D eigenvalue weighted by molar-refractivity contribution is -0.385. The van der Waals surface area contributed by atoms with Gasteiger partial charge in [-0.25, -0.2) is 0 Å². The van der Waals surface area contributed by atoms with E-state index in [-0.39, 0.29) is 11.6 Å². The van der Waals surface area contributed by atoms with Crippen LogP contribution < -0.4 is 5.32 Å². The van der Waals surface area contributed by atoms with Crippen molar-refractivity contribution in [1.82, 2.24) is 5.32 Å². The Kier molecular flexibility index (Phi) is 2.91. The molecule has 0 unspecified atom stereocenters. The van der Waals surface area contributed by atoms with Crippen LogP contribution in [0.1, 0.15) is 22.3 Å². The van der Waals surface area contributed by atoms with Gasteiger partial charge in [-0.2, -0.15) is 0 Å². The van der Waals surface area contributed by atoms with Gasteiger partial charge in [-0.05, 0) is 34.8 Å².